The fourth-order valence-corrected chi connectivity index (χ4v) is 3.79. The number of hydrogen-bond acceptors (Lipinski definition) is 3. The molecule has 0 spiro atoms. The standard InChI is InChI=1S/C18H12NO.C13H12N.Ir/c1-12-9-10-16(19-11-12)15-7-4-6-14-13-5-2-3-8-17(13)20-18(14)15;1-10-3-6-12(7-4-10)13-8-5-11(2)9-14-13;/h2-6,8-11H,1H3;3-6,8-9H,1-2H3;/q2*-1;. The van der Waals surface area contributed by atoms with Gasteiger partial charge in [-0.15, -0.1) is 53.6 Å². The van der Waals surface area contributed by atoms with Crippen LogP contribution in [0.1, 0.15) is 16.7 Å². The van der Waals surface area contributed by atoms with Crippen LogP contribution in [0.3, 0.4) is 0 Å². The second-order valence-electron chi connectivity index (χ2n) is 8.41. The fourth-order valence-electron chi connectivity index (χ4n) is 3.79. The first-order chi connectivity index (χ1) is 16.6. The van der Waals surface area contributed by atoms with Gasteiger partial charge in [0.2, 0.25) is 0 Å². The van der Waals surface area contributed by atoms with Gasteiger partial charge in [0, 0.05) is 37.9 Å². The summed E-state index contributed by atoms with van der Waals surface area (Å²) in [5, 5.41) is 2.24. The number of furan rings is 1. The number of hydrogen-bond donors (Lipinski definition) is 0. The number of pyridine rings is 2. The first-order valence-corrected chi connectivity index (χ1v) is 11.2. The van der Waals surface area contributed by atoms with Crippen LogP contribution in [0.2, 0.25) is 0 Å². The van der Waals surface area contributed by atoms with Gasteiger partial charge in [0.05, 0.1) is 5.58 Å². The summed E-state index contributed by atoms with van der Waals surface area (Å²) < 4.78 is 6.00. The number of fused-ring (bicyclic) bond motifs is 3. The van der Waals surface area contributed by atoms with Crippen LogP contribution < -0.4 is 0 Å². The SMILES string of the molecule is Cc1c[c-]c(-c2ccc(C)cn2)cc1.Cc1ccc(-c2[c-]ccc3c2oc2ccccc23)nc1.[Ir]. The molecule has 3 nitrogen and oxygen atoms in total. The molecule has 0 amide bonds. The van der Waals surface area contributed by atoms with Crippen LogP contribution in [0.15, 0.2) is 95.7 Å². The summed E-state index contributed by atoms with van der Waals surface area (Å²) in [4.78, 5) is 8.82. The average molecular weight is 633 g/mol. The van der Waals surface area contributed by atoms with E-state index in [0.29, 0.717) is 0 Å². The Labute approximate surface area is 219 Å². The average Bonchev–Trinajstić information content (AvgIpc) is 3.25. The first kappa shape index (κ1) is 24.5. The van der Waals surface area contributed by atoms with Gasteiger partial charge in [-0.25, -0.2) is 0 Å². The molecule has 0 saturated carbocycles. The molecule has 35 heavy (non-hydrogen) atoms. The van der Waals surface area contributed by atoms with E-state index in [2.05, 4.69) is 53.3 Å². The van der Waals surface area contributed by atoms with Gasteiger partial charge in [-0.3, -0.25) is 0 Å². The summed E-state index contributed by atoms with van der Waals surface area (Å²) in [6.07, 6.45) is 3.74. The molecule has 4 heteroatoms. The molecule has 175 valence electrons. The second-order valence-corrected chi connectivity index (χ2v) is 8.41. The molecule has 0 aliphatic carbocycles. The number of aryl methyl sites for hydroxylation is 3. The van der Waals surface area contributed by atoms with Crippen LogP contribution in [0.25, 0.3) is 44.5 Å². The Kier molecular flexibility index (Phi) is 7.55. The molecule has 3 aromatic heterocycles. The van der Waals surface area contributed by atoms with Crippen LogP contribution in [0.4, 0.5) is 0 Å². The van der Waals surface area contributed by atoms with Crippen molar-refractivity contribution in [3.63, 3.8) is 0 Å². The van der Waals surface area contributed by atoms with Crippen molar-refractivity contribution in [1.29, 1.82) is 0 Å². The number of aromatic nitrogens is 2. The maximum absolute atomic E-state index is 6.00. The van der Waals surface area contributed by atoms with E-state index < -0.39 is 0 Å². The second kappa shape index (κ2) is 10.8. The van der Waals surface area contributed by atoms with Crippen LogP contribution in [-0.4, -0.2) is 9.97 Å². The number of rotatable bonds is 2. The van der Waals surface area contributed by atoms with Crippen LogP contribution in [0.5, 0.6) is 0 Å². The molecule has 6 rings (SSSR count). The van der Waals surface area contributed by atoms with Crippen LogP contribution in [0, 0.1) is 32.9 Å². The zero-order chi connectivity index (χ0) is 23.5. The monoisotopic (exact) mass is 633 g/mol. The molecule has 3 aromatic carbocycles. The molecule has 3 heterocycles. The van der Waals surface area contributed by atoms with Crippen LogP contribution >= 0.6 is 0 Å². The van der Waals surface area contributed by atoms with Crippen molar-refractivity contribution < 1.29 is 24.5 Å². The third kappa shape index (κ3) is 5.40. The van der Waals surface area contributed by atoms with Gasteiger partial charge in [-0.2, -0.15) is 0 Å². The van der Waals surface area contributed by atoms with Crippen molar-refractivity contribution in [1.82, 2.24) is 9.97 Å². The smallest absolute Gasteiger partial charge is 0.120 e. The summed E-state index contributed by atoms with van der Waals surface area (Å²) in [6.45, 7) is 6.13. The van der Waals surface area contributed by atoms with Crippen molar-refractivity contribution in [3.8, 4) is 22.5 Å². The van der Waals surface area contributed by atoms with E-state index >= 15 is 0 Å². The Balaban J connectivity index is 0.000000171. The maximum Gasteiger partial charge on any atom is 0.120 e. The van der Waals surface area contributed by atoms with Crippen molar-refractivity contribution in [2.75, 3.05) is 0 Å². The maximum atomic E-state index is 6.00. The quantitative estimate of drug-likeness (QED) is 0.182. The van der Waals surface area contributed by atoms with E-state index in [9.17, 15) is 0 Å². The summed E-state index contributed by atoms with van der Waals surface area (Å²) in [5.41, 5.74) is 9.14. The minimum atomic E-state index is 0. The predicted molar refractivity (Wildman–Crippen MR) is 139 cm³/mol. The Hall–Kier alpha value is -3.59. The van der Waals surface area contributed by atoms with E-state index in [1.165, 1.54) is 11.1 Å². The third-order valence-corrected chi connectivity index (χ3v) is 5.66. The van der Waals surface area contributed by atoms with Gasteiger partial charge >= 0.3 is 0 Å². The Morgan fingerprint density at radius 2 is 1.34 bits per heavy atom. The Morgan fingerprint density at radius 1 is 0.657 bits per heavy atom. The van der Waals surface area contributed by atoms with E-state index in [1.807, 2.05) is 80.8 Å². The topological polar surface area (TPSA) is 38.9 Å². The van der Waals surface area contributed by atoms with Gasteiger partial charge in [0.25, 0.3) is 0 Å². The van der Waals surface area contributed by atoms with Crippen molar-refractivity contribution in [2.24, 2.45) is 0 Å². The zero-order valence-corrected chi connectivity index (χ0v) is 22.2. The third-order valence-electron chi connectivity index (χ3n) is 5.66. The summed E-state index contributed by atoms with van der Waals surface area (Å²) in [6, 6.07) is 32.8. The van der Waals surface area contributed by atoms with E-state index in [0.717, 1.165) is 50.0 Å². The molecule has 0 unspecified atom stereocenters. The van der Waals surface area contributed by atoms with Crippen LogP contribution in [-0.2, 0) is 20.1 Å². The van der Waals surface area contributed by atoms with Crippen molar-refractivity contribution in [3.05, 3.63) is 120 Å². The molecular weight excluding hydrogens is 609 g/mol. The summed E-state index contributed by atoms with van der Waals surface area (Å²) in [7, 11) is 0. The fraction of sp³-hybridized carbons (Fsp3) is 0.0968. The van der Waals surface area contributed by atoms with Crippen molar-refractivity contribution >= 4 is 21.9 Å². The molecular formula is C31H24IrN2O-2. The molecule has 0 atom stereocenters. The van der Waals surface area contributed by atoms with Gasteiger partial charge in [0.1, 0.15) is 5.58 Å². The molecule has 0 N–H and O–H groups in total. The number of nitrogens with zero attached hydrogens (tertiary/aromatic N) is 2. The molecule has 1 radical (unpaired) electrons. The Morgan fingerprint density at radius 3 is 2.00 bits per heavy atom. The molecule has 0 aliphatic rings. The minimum Gasteiger partial charge on any atom is -0.501 e. The van der Waals surface area contributed by atoms with E-state index in [-0.39, 0.29) is 20.1 Å². The summed E-state index contributed by atoms with van der Waals surface area (Å²) in [5.74, 6) is 0. The van der Waals surface area contributed by atoms with Crippen molar-refractivity contribution in [2.45, 2.75) is 20.8 Å². The molecule has 0 bridgehead atoms. The molecule has 0 saturated heterocycles. The summed E-state index contributed by atoms with van der Waals surface area (Å²) >= 11 is 0. The molecule has 0 fully saturated rings. The Bertz CT molecular complexity index is 1510. The molecule has 0 aliphatic heterocycles. The molecule has 6 aromatic rings. The van der Waals surface area contributed by atoms with Gasteiger partial charge in [-0.05, 0) is 42.4 Å². The number of benzene rings is 3. The van der Waals surface area contributed by atoms with E-state index in [4.69, 9.17) is 4.42 Å². The zero-order valence-electron chi connectivity index (χ0n) is 19.8. The van der Waals surface area contributed by atoms with Gasteiger partial charge in [-0.1, -0.05) is 60.3 Å². The largest absolute Gasteiger partial charge is 0.501 e. The predicted octanol–water partition coefficient (Wildman–Crippen LogP) is 7.92. The normalized spacial score (nSPS) is 10.5. The van der Waals surface area contributed by atoms with E-state index in [1.54, 1.807) is 0 Å². The number of para-hydroxylation sites is 1. The van der Waals surface area contributed by atoms with Gasteiger partial charge < -0.3 is 14.4 Å². The minimum absolute atomic E-state index is 0. The first-order valence-electron chi connectivity index (χ1n) is 11.2. The van der Waals surface area contributed by atoms with Gasteiger partial charge in [0.15, 0.2) is 0 Å².